The minimum absolute atomic E-state index is 0. The summed E-state index contributed by atoms with van der Waals surface area (Å²) in [5.74, 6) is 1.08. The molecule has 1 atom stereocenters. The molecule has 4 aromatic carbocycles. The first-order chi connectivity index (χ1) is 25.2. The van der Waals surface area contributed by atoms with E-state index in [4.69, 9.17) is 14.5 Å². The van der Waals surface area contributed by atoms with Crippen LogP contribution in [0.5, 0.6) is 0 Å². The molecule has 2 heterocycles. The summed E-state index contributed by atoms with van der Waals surface area (Å²) in [5.41, 5.74) is 7.82. The summed E-state index contributed by atoms with van der Waals surface area (Å²) in [6.45, 7) is 16.1. The van der Waals surface area contributed by atoms with Crippen molar-refractivity contribution in [1.29, 1.82) is 0 Å². The van der Waals surface area contributed by atoms with E-state index in [0.29, 0.717) is 13.3 Å². The molecule has 0 saturated carbocycles. The quantitative estimate of drug-likeness (QED) is 0.0969. The Morgan fingerprint density at radius 3 is 2.10 bits per heavy atom. The molecule has 1 saturated heterocycles. The second-order valence-corrected chi connectivity index (χ2v) is 11.5. The molecule has 2 aliphatic heterocycles. The molecule has 2 N–H and O–H groups in total. The standard InChI is InChI=1S/C30H37N5O.C8H8O.2C2H6.CH2O.2H2/c1-31-25-16-14-24(15-17-25)22-32-23-36-21-18-29-27-12-6-7-13-28(27)33-30(34-19-8-3-9-20-34)35(29)26-10-4-2-5-11-26;1-7-2-4-8(6-9)5-3-7;3*1-2;;/h2,4-7,10-17,29,31-32H,3,8-9,18-23H2,1H3;2-6H,1H3;2*1-2H3;1H2;2*1H. The van der Waals surface area contributed by atoms with Gasteiger partial charge in [-0.15, -0.1) is 0 Å². The number of aryl methyl sites for hydroxylation is 1. The molecule has 51 heavy (non-hydrogen) atoms. The van der Waals surface area contributed by atoms with Gasteiger partial charge in [-0.05, 0) is 68.5 Å². The minimum atomic E-state index is 0. The van der Waals surface area contributed by atoms with Crippen molar-refractivity contribution in [2.24, 2.45) is 4.99 Å². The lowest BCUT2D eigenvalue weighted by Crippen LogP contribution is -2.49. The fourth-order valence-corrected chi connectivity index (χ4v) is 5.77. The lowest BCUT2D eigenvalue weighted by Gasteiger charge is -2.43. The van der Waals surface area contributed by atoms with Crippen molar-refractivity contribution in [1.82, 2.24) is 10.2 Å². The van der Waals surface area contributed by atoms with E-state index < -0.39 is 0 Å². The number of benzene rings is 4. The van der Waals surface area contributed by atoms with Gasteiger partial charge in [0.25, 0.3) is 0 Å². The molecule has 0 radical (unpaired) electrons. The third-order valence-corrected chi connectivity index (χ3v) is 8.24. The highest BCUT2D eigenvalue weighted by molar-refractivity contribution is 6.00. The number of fused-ring (bicyclic) bond motifs is 1. The van der Waals surface area contributed by atoms with Crippen molar-refractivity contribution >= 4 is 36.1 Å². The Labute approximate surface area is 309 Å². The number of aliphatic imine (C=N–C) groups is 1. The Bertz CT molecular complexity index is 1530. The number of guanidine groups is 1. The largest absolute Gasteiger partial charge is 0.388 e. The first-order valence-electron chi connectivity index (χ1n) is 18.3. The molecule has 4 aromatic rings. The topological polar surface area (TPSA) is 86.3 Å². The number of likely N-dealkylation sites (tertiary alicyclic amines) is 1. The van der Waals surface area contributed by atoms with Gasteiger partial charge >= 0.3 is 0 Å². The maximum Gasteiger partial charge on any atom is 0.206 e. The average Bonchev–Trinajstić information content (AvgIpc) is 3.22. The van der Waals surface area contributed by atoms with E-state index in [1.807, 2.05) is 72.7 Å². The molecule has 0 aliphatic carbocycles. The number of carbonyl (C=O) groups is 2. The maximum atomic E-state index is 10.1. The van der Waals surface area contributed by atoms with Crippen LogP contribution in [-0.4, -0.2) is 57.4 Å². The normalized spacial score (nSPS) is 14.2. The third kappa shape index (κ3) is 13.5. The summed E-state index contributed by atoms with van der Waals surface area (Å²) in [6, 6.07) is 35.4. The number of aldehydes is 1. The van der Waals surface area contributed by atoms with Crippen LogP contribution in [0.1, 0.15) is 89.3 Å². The zero-order chi connectivity index (χ0) is 37.3. The number of nitrogens with one attached hydrogen (secondary N) is 2. The van der Waals surface area contributed by atoms with Gasteiger partial charge in [0.2, 0.25) is 5.96 Å². The number of carbonyl (C=O) groups excluding carboxylic acids is 2. The van der Waals surface area contributed by atoms with E-state index in [-0.39, 0.29) is 8.90 Å². The molecule has 278 valence electrons. The second-order valence-electron chi connectivity index (χ2n) is 11.5. The summed E-state index contributed by atoms with van der Waals surface area (Å²) in [6.07, 6.45) is 5.48. The summed E-state index contributed by atoms with van der Waals surface area (Å²) >= 11 is 0. The Kier molecular flexibility index (Phi) is 20.9. The molecule has 6 rings (SSSR count). The van der Waals surface area contributed by atoms with Crippen molar-refractivity contribution in [3.8, 4) is 0 Å². The lowest BCUT2D eigenvalue weighted by molar-refractivity contribution is -0.0980. The van der Waals surface area contributed by atoms with Gasteiger partial charge in [-0.25, -0.2) is 4.99 Å². The van der Waals surface area contributed by atoms with Gasteiger partial charge in [0.1, 0.15) is 13.1 Å². The molecule has 0 amide bonds. The predicted molar refractivity (Wildman–Crippen MR) is 219 cm³/mol. The number of rotatable bonds is 10. The van der Waals surface area contributed by atoms with Crippen molar-refractivity contribution in [3.05, 3.63) is 125 Å². The average molecular weight is 698 g/mol. The summed E-state index contributed by atoms with van der Waals surface area (Å²) in [4.78, 5) is 28.2. The van der Waals surface area contributed by atoms with Gasteiger partial charge in [0.05, 0.1) is 25.1 Å². The molecule has 0 bridgehead atoms. The number of hydrogen-bond acceptors (Lipinski definition) is 8. The highest BCUT2D eigenvalue weighted by Crippen LogP contribution is 2.40. The maximum absolute atomic E-state index is 10.1. The summed E-state index contributed by atoms with van der Waals surface area (Å²) < 4.78 is 6.08. The van der Waals surface area contributed by atoms with E-state index >= 15 is 0 Å². The molecule has 0 aromatic heterocycles. The van der Waals surface area contributed by atoms with Crippen molar-refractivity contribution in [2.45, 2.75) is 72.9 Å². The number of piperidine rings is 1. The first-order valence-corrected chi connectivity index (χ1v) is 18.3. The Morgan fingerprint density at radius 2 is 1.47 bits per heavy atom. The number of hydrogen-bond donors (Lipinski definition) is 2. The fourth-order valence-electron chi connectivity index (χ4n) is 5.77. The number of para-hydroxylation sites is 2. The van der Waals surface area contributed by atoms with Crippen molar-refractivity contribution < 1.29 is 17.2 Å². The first kappa shape index (κ1) is 42.4. The van der Waals surface area contributed by atoms with E-state index in [1.54, 1.807) is 0 Å². The molecular weight excluding hydrogens is 635 g/mol. The van der Waals surface area contributed by atoms with E-state index in [2.05, 4.69) is 99.3 Å². The van der Waals surface area contributed by atoms with Crippen LogP contribution in [0, 0.1) is 6.92 Å². The third-order valence-electron chi connectivity index (χ3n) is 8.24. The number of nitrogens with zero attached hydrogens (tertiary/aromatic N) is 3. The summed E-state index contributed by atoms with van der Waals surface area (Å²) in [5, 5.41) is 6.57. The smallest absolute Gasteiger partial charge is 0.206 e. The van der Waals surface area contributed by atoms with Crippen molar-refractivity contribution in [3.63, 3.8) is 0 Å². The van der Waals surface area contributed by atoms with Gasteiger partial charge in [-0.2, -0.15) is 0 Å². The van der Waals surface area contributed by atoms with Crippen LogP contribution in [0.25, 0.3) is 0 Å². The minimum Gasteiger partial charge on any atom is -0.388 e. The zero-order valence-electron chi connectivity index (χ0n) is 31.6. The van der Waals surface area contributed by atoms with Crippen LogP contribution in [-0.2, 0) is 16.1 Å². The molecule has 8 nitrogen and oxygen atoms in total. The SMILES string of the molecule is C=O.CC.CC.CNc1ccc(CNCOCCC2c3ccccc3N=C(N3CCCCC3)N2c2ccccc2)cc1.Cc1ccc(C=O)cc1.[HH].[HH]. The highest BCUT2D eigenvalue weighted by Gasteiger charge is 2.34. The van der Waals surface area contributed by atoms with Gasteiger partial charge in [-0.3, -0.25) is 10.1 Å². The Balaban J connectivity index is 0.00000136. The summed E-state index contributed by atoms with van der Waals surface area (Å²) in [7, 11) is 1.94. The van der Waals surface area contributed by atoms with Crippen LogP contribution in [0.2, 0.25) is 0 Å². The number of ether oxygens (including phenoxy) is 1. The molecule has 1 fully saturated rings. The lowest BCUT2D eigenvalue weighted by atomic mass is 9.97. The van der Waals surface area contributed by atoms with Crippen molar-refractivity contribution in [2.75, 3.05) is 43.7 Å². The van der Waals surface area contributed by atoms with E-state index in [0.717, 1.165) is 55.2 Å². The van der Waals surface area contributed by atoms with Crippen LogP contribution in [0.3, 0.4) is 0 Å². The zero-order valence-corrected chi connectivity index (χ0v) is 31.6. The van der Waals surface area contributed by atoms with E-state index in [9.17, 15) is 4.79 Å². The highest BCUT2D eigenvalue weighted by atomic mass is 16.5. The fraction of sp³-hybridized carbons (Fsp3) is 0.372. The van der Waals surface area contributed by atoms with Gasteiger partial charge < -0.3 is 24.6 Å². The van der Waals surface area contributed by atoms with Gasteiger partial charge in [0, 0.05) is 52.0 Å². The van der Waals surface area contributed by atoms with Gasteiger partial charge in [0.15, 0.2) is 0 Å². The van der Waals surface area contributed by atoms with Crippen LogP contribution < -0.4 is 15.5 Å². The monoisotopic (exact) mass is 697 g/mol. The molecular formula is C43H63N5O3. The van der Waals surface area contributed by atoms with Crippen LogP contribution in [0.4, 0.5) is 17.1 Å². The Hall–Kier alpha value is -4.79. The number of anilines is 2. The van der Waals surface area contributed by atoms with E-state index in [1.165, 1.54) is 41.6 Å². The molecule has 2 aliphatic rings. The molecule has 1 unspecified atom stereocenters. The van der Waals surface area contributed by atoms with Gasteiger partial charge in [-0.1, -0.05) is 106 Å². The second kappa shape index (κ2) is 25.2. The molecule has 8 heteroatoms. The van der Waals surface area contributed by atoms with Crippen LogP contribution >= 0.6 is 0 Å². The van der Waals surface area contributed by atoms with Crippen LogP contribution in [0.15, 0.2) is 108 Å². The predicted octanol–water partition coefficient (Wildman–Crippen LogP) is 10.1. The molecule has 0 spiro atoms. The Morgan fingerprint density at radius 1 is 0.843 bits per heavy atom.